The molecule has 0 amide bonds. The highest BCUT2D eigenvalue weighted by atomic mass is 19.1. The smallest absolute Gasteiger partial charge is 0.311 e. The second kappa shape index (κ2) is 11.4. The van der Waals surface area contributed by atoms with Crippen LogP contribution in [0.1, 0.15) is 78.8 Å². The average molecular weight is 566 g/mol. The third-order valence-corrected chi connectivity index (χ3v) is 7.33. The molecule has 0 N–H and O–H groups in total. The summed E-state index contributed by atoms with van der Waals surface area (Å²) in [4.78, 5) is 30.2. The number of fused-ring (bicyclic) bond motifs is 1. The quantitative estimate of drug-likeness (QED) is 0.174. The molecule has 0 radical (unpaired) electrons. The van der Waals surface area contributed by atoms with E-state index in [-0.39, 0.29) is 48.1 Å². The van der Waals surface area contributed by atoms with Gasteiger partial charge in [-0.15, -0.1) is 5.10 Å². The highest BCUT2D eigenvalue weighted by Crippen LogP contribution is 2.41. The Hall–Kier alpha value is -4.15. The van der Waals surface area contributed by atoms with Gasteiger partial charge in [0.25, 0.3) is 0 Å². The molecular weight excluding hydrogens is 532 g/mol. The molecule has 41 heavy (non-hydrogen) atoms. The van der Waals surface area contributed by atoms with E-state index < -0.39 is 17.0 Å². The topological polar surface area (TPSA) is 101 Å². The van der Waals surface area contributed by atoms with Crippen LogP contribution in [-0.4, -0.2) is 49.8 Å². The number of esters is 1. The molecule has 11 heteroatoms. The summed E-state index contributed by atoms with van der Waals surface area (Å²) in [6.45, 7) is 6.13. The van der Waals surface area contributed by atoms with Gasteiger partial charge in [0.2, 0.25) is 0 Å². The van der Waals surface area contributed by atoms with Gasteiger partial charge in [-0.05, 0) is 75.6 Å². The van der Waals surface area contributed by atoms with E-state index in [2.05, 4.69) is 22.6 Å². The third-order valence-electron chi connectivity index (χ3n) is 7.33. The first kappa shape index (κ1) is 28.4. The molecule has 0 bridgehead atoms. The van der Waals surface area contributed by atoms with Gasteiger partial charge < -0.3 is 13.9 Å². The summed E-state index contributed by atoms with van der Waals surface area (Å²) in [6.07, 6.45) is 7.98. The number of rotatable bonds is 12. The van der Waals surface area contributed by atoms with Gasteiger partial charge in [0.1, 0.15) is 17.2 Å². The van der Waals surface area contributed by atoms with Crippen LogP contribution in [0, 0.1) is 17.0 Å². The number of ketones is 1. The van der Waals surface area contributed by atoms with E-state index in [1.165, 1.54) is 29.6 Å². The van der Waals surface area contributed by atoms with E-state index >= 15 is 0 Å². The Labute approximate surface area is 236 Å². The van der Waals surface area contributed by atoms with Crippen molar-refractivity contribution in [1.29, 1.82) is 0 Å². The summed E-state index contributed by atoms with van der Waals surface area (Å²) in [7, 11) is 1.30. The van der Waals surface area contributed by atoms with E-state index in [1.54, 1.807) is 6.92 Å². The fourth-order valence-electron chi connectivity index (χ4n) is 4.96. The van der Waals surface area contributed by atoms with Crippen LogP contribution < -0.4 is 4.74 Å². The molecule has 1 aliphatic rings. The summed E-state index contributed by atoms with van der Waals surface area (Å²) in [6, 6.07) is 4.46. The normalized spacial score (nSPS) is 13.5. The van der Waals surface area contributed by atoms with Crippen molar-refractivity contribution in [3.63, 3.8) is 0 Å². The molecule has 1 saturated carbocycles. The number of pyridine rings is 1. The Morgan fingerprint density at radius 3 is 2.63 bits per heavy atom. The standard InChI is InChI=1S/C30H33F2N5O4/c1-5-41-29(39)30(2,3)13-19-12-20(18-6-7-18)14-36-15-21(33-28(19)36)16-37-17-24(34-35-37)25(38)10-8-22-23(31)9-11-26(40-4)27(22)32/h9,11-12,14-15,17-18H,5-8,10,13,16H2,1-4H3. The van der Waals surface area contributed by atoms with E-state index in [9.17, 15) is 18.4 Å². The van der Waals surface area contributed by atoms with Crippen LogP contribution in [-0.2, 0) is 28.9 Å². The molecule has 1 fully saturated rings. The maximum Gasteiger partial charge on any atom is 0.311 e. The van der Waals surface area contributed by atoms with Crippen LogP contribution in [0.25, 0.3) is 5.65 Å². The van der Waals surface area contributed by atoms with Crippen LogP contribution in [0.15, 0.2) is 36.8 Å². The first-order chi connectivity index (χ1) is 19.6. The number of aromatic nitrogens is 5. The van der Waals surface area contributed by atoms with Crippen molar-refractivity contribution < 1.29 is 27.8 Å². The third kappa shape index (κ3) is 6.13. The molecule has 216 valence electrons. The molecular formula is C30H33F2N5O4. The molecule has 0 aliphatic heterocycles. The summed E-state index contributed by atoms with van der Waals surface area (Å²) in [5.74, 6) is -1.75. The molecule has 3 aromatic heterocycles. The summed E-state index contributed by atoms with van der Waals surface area (Å²) in [5.41, 5.74) is 2.81. The molecule has 4 aromatic rings. The lowest BCUT2D eigenvalue weighted by molar-refractivity contribution is -0.153. The first-order valence-corrected chi connectivity index (χ1v) is 13.7. The minimum absolute atomic E-state index is 0.0795. The lowest BCUT2D eigenvalue weighted by Gasteiger charge is -2.23. The zero-order valence-corrected chi connectivity index (χ0v) is 23.6. The minimum Gasteiger partial charge on any atom is -0.494 e. The highest BCUT2D eigenvalue weighted by Gasteiger charge is 2.32. The van der Waals surface area contributed by atoms with Crippen molar-refractivity contribution in [2.75, 3.05) is 13.7 Å². The largest absolute Gasteiger partial charge is 0.494 e. The van der Waals surface area contributed by atoms with E-state index in [0.29, 0.717) is 24.6 Å². The maximum atomic E-state index is 14.4. The average Bonchev–Trinajstić information content (AvgIpc) is 3.54. The fraction of sp³-hybridized carbons (Fsp3) is 0.433. The van der Waals surface area contributed by atoms with Crippen LogP contribution in [0.4, 0.5) is 8.78 Å². The predicted molar refractivity (Wildman–Crippen MR) is 146 cm³/mol. The predicted octanol–water partition coefficient (Wildman–Crippen LogP) is 5.09. The lowest BCUT2D eigenvalue weighted by atomic mass is 9.85. The van der Waals surface area contributed by atoms with Crippen molar-refractivity contribution in [3.8, 4) is 5.75 Å². The van der Waals surface area contributed by atoms with Gasteiger partial charge in [-0.1, -0.05) is 11.3 Å². The van der Waals surface area contributed by atoms with Gasteiger partial charge >= 0.3 is 5.97 Å². The molecule has 9 nitrogen and oxygen atoms in total. The van der Waals surface area contributed by atoms with Gasteiger partial charge in [-0.25, -0.2) is 18.4 Å². The van der Waals surface area contributed by atoms with Crippen molar-refractivity contribution in [3.05, 3.63) is 76.5 Å². The van der Waals surface area contributed by atoms with Crippen LogP contribution in [0.3, 0.4) is 0 Å². The van der Waals surface area contributed by atoms with Crippen molar-refractivity contribution in [1.82, 2.24) is 24.4 Å². The molecule has 1 aliphatic carbocycles. The van der Waals surface area contributed by atoms with Gasteiger partial charge in [-0.3, -0.25) is 9.59 Å². The number of carbonyl (C=O) groups excluding carboxylic acids is 2. The Morgan fingerprint density at radius 1 is 1.15 bits per heavy atom. The van der Waals surface area contributed by atoms with E-state index in [0.717, 1.165) is 30.1 Å². The number of carbonyl (C=O) groups is 2. The number of hydrogen-bond donors (Lipinski definition) is 0. The number of halogens is 2. The Balaban J connectivity index is 1.32. The Morgan fingerprint density at radius 2 is 1.93 bits per heavy atom. The number of ether oxygens (including phenoxy) is 2. The molecule has 0 atom stereocenters. The lowest BCUT2D eigenvalue weighted by Crippen LogP contribution is -2.29. The van der Waals surface area contributed by atoms with Gasteiger partial charge in [0.05, 0.1) is 37.6 Å². The molecule has 1 aromatic carbocycles. The zero-order valence-electron chi connectivity index (χ0n) is 23.6. The number of Topliss-reactive ketones (excluding diaryl/α,β-unsaturated/α-hetero) is 1. The van der Waals surface area contributed by atoms with Gasteiger partial charge in [0.15, 0.2) is 17.3 Å². The van der Waals surface area contributed by atoms with E-state index in [1.807, 2.05) is 24.4 Å². The van der Waals surface area contributed by atoms with E-state index in [4.69, 9.17) is 14.5 Å². The molecule has 5 rings (SSSR count). The van der Waals surface area contributed by atoms with Crippen LogP contribution >= 0.6 is 0 Å². The molecule has 0 unspecified atom stereocenters. The molecule has 0 spiro atoms. The van der Waals surface area contributed by atoms with Crippen LogP contribution in [0.5, 0.6) is 5.75 Å². The minimum atomic E-state index is -0.814. The summed E-state index contributed by atoms with van der Waals surface area (Å²) >= 11 is 0. The number of nitrogens with zero attached hydrogens (tertiary/aromatic N) is 5. The fourth-order valence-corrected chi connectivity index (χ4v) is 4.96. The monoisotopic (exact) mass is 565 g/mol. The van der Waals surface area contributed by atoms with Gasteiger partial charge in [-0.2, -0.15) is 0 Å². The summed E-state index contributed by atoms with van der Waals surface area (Å²) in [5, 5.41) is 8.04. The number of imidazole rings is 1. The maximum absolute atomic E-state index is 14.4. The molecule has 3 heterocycles. The van der Waals surface area contributed by atoms with Crippen LogP contribution in [0.2, 0.25) is 0 Å². The highest BCUT2D eigenvalue weighted by molar-refractivity contribution is 5.94. The zero-order chi connectivity index (χ0) is 29.3. The van der Waals surface area contributed by atoms with Crippen molar-refractivity contribution in [2.24, 2.45) is 5.41 Å². The Kier molecular flexibility index (Phi) is 7.88. The first-order valence-electron chi connectivity index (χ1n) is 13.7. The number of hydrogen-bond acceptors (Lipinski definition) is 7. The second-order valence-electron chi connectivity index (χ2n) is 11.1. The number of methoxy groups -OCH3 is 1. The molecule has 0 saturated heterocycles. The number of benzene rings is 1. The van der Waals surface area contributed by atoms with Crippen molar-refractivity contribution in [2.45, 2.75) is 65.3 Å². The SMILES string of the molecule is CCOC(=O)C(C)(C)Cc1cc(C2CC2)cn2cc(Cn3cc(C(=O)CCc4c(F)ccc(OC)c4F)nn3)nc12. The second-order valence-corrected chi connectivity index (χ2v) is 11.1. The Bertz CT molecular complexity index is 1610. The van der Waals surface area contributed by atoms with Crippen molar-refractivity contribution >= 4 is 17.4 Å². The summed E-state index contributed by atoms with van der Waals surface area (Å²) < 4.78 is 42.3. The van der Waals surface area contributed by atoms with Gasteiger partial charge in [0, 0.05) is 24.4 Å².